The van der Waals surface area contributed by atoms with E-state index in [0.29, 0.717) is 18.5 Å². The van der Waals surface area contributed by atoms with Gasteiger partial charge in [0.25, 0.3) is 5.91 Å². The van der Waals surface area contributed by atoms with Crippen LogP contribution < -0.4 is 10.6 Å². The van der Waals surface area contributed by atoms with E-state index in [1.165, 1.54) is 0 Å². The third kappa shape index (κ3) is 5.52. The molecule has 1 atom stereocenters. The fourth-order valence-corrected chi connectivity index (χ4v) is 1.65. The van der Waals surface area contributed by atoms with Gasteiger partial charge in [-0.25, -0.2) is 0 Å². The van der Waals surface area contributed by atoms with E-state index in [0.717, 1.165) is 5.56 Å². The number of benzene rings is 1. The molecule has 1 amide bonds. The first-order chi connectivity index (χ1) is 9.02. The Morgan fingerprint density at radius 2 is 1.89 bits per heavy atom. The normalized spacial score (nSPS) is 11.9. The molecule has 0 fully saturated rings. The topological polar surface area (TPSA) is 78.4 Å². The standard InChI is InChI=1S/C14H20N2O3/c1-10(3-8-13(17)18)16-9-11-4-6-12(7-5-11)14(19)15-2/h4-7,10,16H,3,8-9H2,1-2H3,(H,15,19)(H,17,18). The maximum absolute atomic E-state index is 11.4. The molecule has 1 aromatic carbocycles. The van der Waals surface area contributed by atoms with Crippen molar-refractivity contribution in [2.45, 2.75) is 32.4 Å². The van der Waals surface area contributed by atoms with Gasteiger partial charge in [-0.1, -0.05) is 12.1 Å². The number of hydrogen-bond acceptors (Lipinski definition) is 3. The fourth-order valence-electron chi connectivity index (χ4n) is 1.65. The second-order valence-corrected chi connectivity index (χ2v) is 4.49. The summed E-state index contributed by atoms with van der Waals surface area (Å²) in [6, 6.07) is 7.48. The molecule has 1 aromatic rings. The summed E-state index contributed by atoms with van der Waals surface area (Å²) in [7, 11) is 1.60. The SMILES string of the molecule is CNC(=O)c1ccc(CNC(C)CCC(=O)O)cc1. The van der Waals surface area contributed by atoms with Crippen LogP contribution in [-0.4, -0.2) is 30.1 Å². The van der Waals surface area contributed by atoms with Crippen molar-refractivity contribution in [3.63, 3.8) is 0 Å². The summed E-state index contributed by atoms with van der Waals surface area (Å²) in [5.74, 6) is -0.877. The zero-order valence-corrected chi connectivity index (χ0v) is 11.3. The van der Waals surface area contributed by atoms with Gasteiger partial charge in [0.05, 0.1) is 0 Å². The Kier molecular flexibility index (Phi) is 6.02. The van der Waals surface area contributed by atoms with Gasteiger partial charge >= 0.3 is 5.97 Å². The van der Waals surface area contributed by atoms with Crippen LogP contribution in [0.5, 0.6) is 0 Å². The zero-order chi connectivity index (χ0) is 14.3. The van der Waals surface area contributed by atoms with Gasteiger partial charge in [-0.2, -0.15) is 0 Å². The van der Waals surface area contributed by atoms with E-state index >= 15 is 0 Å². The highest BCUT2D eigenvalue weighted by Gasteiger charge is 2.06. The van der Waals surface area contributed by atoms with Crippen LogP contribution >= 0.6 is 0 Å². The number of carboxylic acid groups (broad SMARTS) is 1. The lowest BCUT2D eigenvalue weighted by atomic mass is 10.1. The largest absolute Gasteiger partial charge is 0.481 e. The van der Waals surface area contributed by atoms with Crippen molar-refractivity contribution < 1.29 is 14.7 Å². The summed E-state index contributed by atoms with van der Waals surface area (Å²) < 4.78 is 0. The van der Waals surface area contributed by atoms with Crippen molar-refractivity contribution in [1.82, 2.24) is 10.6 Å². The minimum Gasteiger partial charge on any atom is -0.481 e. The molecule has 0 aliphatic rings. The van der Waals surface area contributed by atoms with Crippen LogP contribution in [0, 0.1) is 0 Å². The highest BCUT2D eigenvalue weighted by atomic mass is 16.4. The molecule has 5 nitrogen and oxygen atoms in total. The van der Waals surface area contributed by atoms with Crippen LogP contribution in [-0.2, 0) is 11.3 Å². The van der Waals surface area contributed by atoms with Gasteiger partial charge in [0.2, 0.25) is 0 Å². The average Bonchev–Trinajstić information content (AvgIpc) is 2.42. The van der Waals surface area contributed by atoms with Gasteiger partial charge in [-0.15, -0.1) is 0 Å². The molecule has 3 N–H and O–H groups in total. The Bertz CT molecular complexity index is 429. The minimum atomic E-state index is -0.774. The van der Waals surface area contributed by atoms with Crippen molar-refractivity contribution in [2.24, 2.45) is 0 Å². The van der Waals surface area contributed by atoms with Gasteiger partial charge in [-0.3, -0.25) is 9.59 Å². The molecular formula is C14H20N2O3. The highest BCUT2D eigenvalue weighted by molar-refractivity contribution is 5.93. The lowest BCUT2D eigenvalue weighted by molar-refractivity contribution is -0.137. The monoisotopic (exact) mass is 264 g/mol. The van der Waals surface area contributed by atoms with E-state index in [2.05, 4.69) is 10.6 Å². The Balaban J connectivity index is 2.41. The number of nitrogens with one attached hydrogen (secondary N) is 2. The summed E-state index contributed by atoms with van der Waals surface area (Å²) in [6.45, 7) is 2.62. The third-order valence-electron chi connectivity index (χ3n) is 2.89. The quantitative estimate of drug-likeness (QED) is 0.695. The fraction of sp³-hybridized carbons (Fsp3) is 0.429. The molecule has 5 heteroatoms. The van der Waals surface area contributed by atoms with Crippen molar-refractivity contribution in [1.29, 1.82) is 0 Å². The summed E-state index contributed by atoms with van der Waals surface area (Å²) >= 11 is 0. The first-order valence-electron chi connectivity index (χ1n) is 6.29. The predicted octanol–water partition coefficient (Wildman–Crippen LogP) is 1.39. The first-order valence-corrected chi connectivity index (χ1v) is 6.29. The van der Waals surface area contributed by atoms with Crippen LogP contribution in [0.2, 0.25) is 0 Å². The minimum absolute atomic E-state index is 0.102. The molecule has 0 aliphatic carbocycles. The van der Waals surface area contributed by atoms with E-state index in [9.17, 15) is 9.59 Å². The molecule has 0 spiro atoms. The molecule has 0 aromatic heterocycles. The Morgan fingerprint density at radius 3 is 2.42 bits per heavy atom. The number of carbonyl (C=O) groups excluding carboxylic acids is 1. The van der Waals surface area contributed by atoms with Gasteiger partial charge in [0, 0.05) is 31.6 Å². The molecule has 0 saturated carbocycles. The second-order valence-electron chi connectivity index (χ2n) is 4.49. The molecule has 0 heterocycles. The van der Waals surface area contributed by atoms with Crippen molar-refractivity contribution in [3.8, 4) is 0 Å². The van der Waals surface area contributed by atoms with E-state index in [-0.39, 0.29) is 18.4 Å². The number of amides is 1. The van der Waals surface area contributed by atoms with Gasteiger partial charge in [-0.05, 0) is 31.0 Å². The molecule has 0 aliphatic heterocycles. The number of carboxylic acids is 1. The number of hydrogen-bond donors (Lipinski definition) is 3. The number of carbonyl (C=O) groups is 2. The molecule has 0 radical (unpaired) electrons. The smallest absolute Gasteiger partial charge is 0.303 e. The van der Waals surface area contributed by atoms with Gasteiger partial charge in [0.1, 0.15) is 0 Å². The van der Waals surface area contributed by atoms with Gasteiger partial charge in [0.15, 0.2) is 0 Å². The van der Waals surface area contributed by atoms with Crippen molar-refractivity contribution >= 4 is 11.9 Å². The maximum atomic E-state index is 11.4. The maximum Gasteiger partial charge on any atom is 0.303 e. The number of rotatable bonds is 7. The highest BCUT2D eigenvalue weighted by Crippen LogP contribution is 2.05. The predicted molar refractivity (Wildman–Crippen MR) is 73.0 cm³/mol. The Morgan fingerprint density at radius 1 is 1.26 bits per heavy atom. The second kappa shape index (κ2) is 7.53. The summed E-state index contributed by atoms with van der Waals surface area (Å²) in [6.07, 6.45) is 0.773. The third-order valence-corrected chi connectivity index (χ3v) is 2.89. The molecule has 0 saturated heterocycles. The molecule has 104 valence electrons. The lowest BCUT2D eigenvalue weighted by Gasteiger charge is -2.12. The first kappa shape index (κ1) is 15.2. The van der Waals surface area contributed by atoms with E-state index in [4.69, 9.17) is 5.11 Å². The van der Waals surface area contributed by atoms with E-state index < -0.39 is 5.97 Å². The Hall–Kier alpha value is -1.88. The van der Waals surface area contributed by atoms with Crippen LogP contribution in [0.25, 0.3) is 0 Å². The molecule has 1 rings (SSSR count). The van der Waals surface area contributed by atoms with Crippen LogP contribution in [0.4, 0.5) is 0 Å². The molecular weight excluding hydrogens is 244 g/mol. The van der Waals surface area contributed by atoms with Crippen LogP contribution in [0.15, 0.2) is 24.3 Å². The number of aliphatic carboxylic acids is 1. The van der Waals surface area contributed by atoms with Crippen LogP contribution in [0.3, 0.4) is 0 Å². The zero-order valence-electron chi connectivity index (χ0n) is 11.3. The molecule has 19 heavy (non-hydrogen) atoms. The molecule has 0 bridgehead atoms. The summed E-state index contributed by atoms with van der Waals surface area (Å²) in [5.41, 5.74) is 1.69. The average molecular weight is 264 g/mol. The Labute approximate surface area is 113 Å². The molecule has 1 unspecified atom stereocenters. The lowest BCUT2D eigenvalue weighted by Crippen LogP contribution is -2.26. The van der Waals surface area contributed by atoms with Gasteiger partial charge < -0.3 is 15.7 Å². The summed E-state index contributed by atoms with van der Waals surface area (Å²) in [4.78, 5) is 21.8. The van der Waals surface area contributed by atoms with Crippen molar-refractivity contribution in [2.75, 3.05) is 7.05 Å². The van der Waals surface area contributed by atoms with Crippen molar-refractivity contribution in [3.05, 3.63) is 35.4 Å². The van der Waals surface area contributed by atoms with Crippen LogP contribution in [0.1, 0.15) is 35.7 Å². The van der Waals surface area contributed by atoms with E-state index in [1.54, 1.807) is 19.2 Å². The summed E-state index contributed by atoms with van der Waals surface area (Å²) in [5, 5.41) is 14.4. The van der Waals surface area contributed by atoms with E-state index in [1.807, 2.05) is 19.1 Å².